The minimum Gasteiger partial charge on any atom is -0.372 e. The summed E-state index contributed by atoms with van der Waals surface area (Å²) in [5.41, 5.74) is 2.12. The molecule has 2 amide bonds. The average Bonchev–Trinajstić information content (AvgIpc) is 2.63. The third-order valence-corrected chi connectivity index (χ3v) is 4.73. The van der Waals surface area contributed by atoms with Gasteiger partial charge >= 0.3 is 0 Å². The van der Waals surface area contributed by atoms with E-state index >= 15 is 0 Å². The van der Waals surface area contributed by atoms with Crippen LogP contribution in [0.25, 0.3) is 0 Å². The number of carbonyl (C=O) groups excluding carboxylic acids is 2. The summed E-state index contributed by atoms with van der Waals surface area (Å²) >= 11 is 0. The first-order chi connectivity index (χ1) is 13.0. The van der Waals surface area contributed by atoms with E-state index in [1.165, 1.54) is 31.0 Å². The molecule has 0 unspecified atom stereocenters. The molecule has 5 nitrogen and oxygen atoms in total. The molecular weight excluding hydrogens is 345 g/mol. The Balaban J connectivity index is 1.49. The van der Waals surface area contributed by atoms with E-state index in [9.17, 15) is 14.0 Å². The highest BCUT2D eigenvalue weighted by atomic mass is 19.1. The van der Waals surface area contributed by atoms with Crippen molar-refractivity contribution >= 4 is 28.9 Å². The van der Waals surface area contributed by atoms with Gasteiger partial charge in [0.2, 0.25) is 11.8 Å². The molecule has 3 rings (SSSR count). The number of nitrogens with zero attached hydrogens (tertiary/aromatic N) is 1. The zero-order valence-electron chi connectivity index (χ0n) is 15.4. The van der Waals surface area contributed by atoms with Crippen molar-refractivity contribution in [2.45, 2.75) is 26.2 Å². The first kappa shape index (κ1) is 18.9. The number of hydrogen-bond donors (Lipinski definition) is 2. The van der Waals surface area contributed by atoms with Crippen LogP contribution in [0.4, 0.5) is 21.5 Å². The van der Waals surface area contributed by atoms with Crippen LogP contribution in [0.5, 0.6) is 0 Å². The van der Waals surface area contributed by atoms with Gasteiger partial charge in [-0.3, -0.25) is 9.59 Å². The molecule has 2 aromatic carbocycles. The van der Waals surface area contributed by atoms with Crippen molar-refractivity contribution in [2.24, 2.45) is 5.92 Å². The van der Waals surface area contributed by atoms with Crippen LogP contribution in [0.3, 0.4) is 0 Å². The molecule has 142 valence electrons. The fourth-order valence-electron chi connectivity index (χ4n) is 3.14. The predicted molar refractivity (Wildman–Crippen MR) is 105 cm³/mol. The topological polar surface area (TPSA) is 61.4 Å². The Labute approximate surface area is 158 Å². The summed E-state index contributed by atoms with van der Waals surface area (Å²) in [5, 5.41) is 5.22. The van der Waals surface area contributed by atoms with E-state index in [2.05, 4.69) is 22.5 Å². The lowest BCUT2D eigenvalue weighted by atomic mass is 9.99. The van der Waals surface area contributed by atoms with Crippen LogP contribution in [0.2, 0.25) is 0 Å². The third-order valence-electron chi connectivity index (χ3n) is 4.73. The number of rotatable bonds is 5. The van der Waals surface area contributed by atoms with E-state index in [0.717, 1.165) is 24.7 Å². The summed E-state index contributed by atoms with van der Waals surface area (Å²) in [6.45, 7) is 4.38. The molecule has 0 aromatic heterocycles. The molecule has 2 N–H and O–H groups in total. The molecule has 0 atom stereocenters. The van der Waals surface area contributed by atoms with Crippen LogP contribution in [0.15, 0.2) is 48.5 Å². The van der Waals surface area contributed by atoms with Gasteiger partial charge in [-0.25, -0.2) is 4.39 Å². The molecule has 0 saturated carbocycles. The molecule has 0 aliphatic carbocycles. The summed E-state index contributed by atoms with van der Waals surface area (Å²) in [7, 11) is 0. The van der Waals surface area contributed by atoms with Gasteiger partial charge in [-0.2, -0.15) is 0 Å². The van der Waals surface area contributed by atoms with E-state index in [-0.39, 0.29) is 6.42 Å². The van der Waals surface area contributed by atoms with Gasteiger partial charge in [0.1, 0.15) is 12.2 Å². The number of nitrogens with one attached hydrogen (secondary N) is 2. The molecule has 1 fully saturated rings. The molecule has 1 aliphatic rings. The van der Waals surface area contributed by atoms with Gasteiger partial charge in [-0.1, -0.05) is 13.0 Å². The van der Waals surface area contributed by atoms with Crippen molar-refractivity contribution in [3.63, 3.8) is 0 Å². The second kappa shape index (κ2) is 8.66. The normalized spacial score (nSPS) is 14.7. The number of carbonyl (C=O) groups is 2. The molecule has 1 saturated heterocycles. The maximum atomic E-state index is 13.1. The number of halogens is 1. The predicted octanol–water partition coefficient (Wildman–Crippen LogP) is 4.03. The van der Waals surface area contributed by atoms with Crippen molar-refractivity contribution in [1.29, 1.82) is 0 Å². The molecule has 1 aliphatic heterocycles. The number of piperidine rings is 1. The van der Waals surface area contributed by atoms with Gasteiger partial charge in [0.15, 0.2) is 0 Å². The fourth-order valence-corrected chi connectivity index (χ4v) is 3.14. The molecule has 27 heavy (non-hydrogen) atoms. The fraction of sp³-hybridized carbons (Fsp3) is 0.333. The van der Waals surface area contributed by atoms with Gasteiger partial charge in [0.25, 0.3) is 0 Å². The van der Waals surface area contributed by atoms with Crippen molar-refractivity contribution in [3.8, 4) is 0 Å². The number of anilines is 3. The molecular formula is C21H24FN3O2. The van der Waals surface area contributed by atoms with E-state index in [0.29, 0.717) is 11.4 Å². The smallest absolute Gasteiger partial charge is 0.233 e. The van der Waals surface area contributed by atoms with E-state index in [1.807, 2.05) is 24.3 Å². The second-order valence-electron chi connectivity index (χ2n) is 7.00. The Hall–Kier alpha value is -2.89. The van der Waals surface area contributed by atoms with E-state index < -0.39 is 17.6 Å². The lowest BCUT2D eigenvalue weighted by Gasteiger charge is -2.32. The minimum absolute atomic E-state index is 0.327. The first-order valence-electron chi connectivity index (χ1n) is 9.20. The molecule has 1 heterocycles. The van der Waals surface area contributed by atoms with Crippen LogP contribution >= 0.6 is 0 Å². The Bertz CT molecular complexity index is 799. The van der Waals surface area contributed by atoms with Crippen LogP contribution in [-0.2, 0) is 9.59 Å². The third kappa shape index (κ3) is 5.54. The quantitative estimate of drug-likeness (QED) is 0.782. The van der Waals surface area contributed by atoms with Gasteiger partial charge in [0, 0.05) is 30.2 Å². The monoisotopic (exact) mass is 369 g/mol. The summed E-state index contributed by atoms with van der Waals surface area (Å²) < 4.78 is 13.1. The zero-order valence-corrected chi connectivity index (χ0v) is 15.4. The second-order valence-corrected chi connectivity index (χ2v) is 7.00. The first-order valence-corrected chi connectivity index (χ1v) is 9.20. The minimum atomic E-state index is -0.489. The van der Waals surface area contributed by atoms with Crippen molar-refractivity contribution in [2.75, 3.05) is 28.6 Å². The largest absolute Gasteiger partial charge is 0.372 e. The van der Waals surface area contributed by atoms with Crippen molar-refractivity contribution in [1.82, 2.24) is 0 Å². The zero-order chi connectivity index (χ0) is 19.2. The summed E-state index contributed by atoms with van der Waals surface area (Å²) in [5.74, 6) is -0.570. The highest BCUT2D eigenvalue weighted by Crippen LogP contribution is 2.24. The molecule has 0 radical (unpaired) electrons. The Morgan fingerprint density at radius 1 is 1.00 bits per heavy atom. The Kier molecular flexibility index (Phi) is 6.06. The lowest BCUT2D eigenvalue weighted by Crippen LogP contribution is -2.32. The van der Waals surface area contributed by atoms with Crippen molar-refractivity contribution < 1.29 is 14.0 Å². The number of hydrogen-bond acceptors (Lipinski definition) is 3. The highest BCUT2D eigenvalue weighted by Gasteiger charge is 2.16. The molecule has 0 bridgehead atoms. The van der Waals surface area contributed by atoms with Gasteiger partial charge in [-0.15, -0.1) is 0 Å². The summed E-state index contributed by atoms with van der Waals surface area (Å²) in [6, 6.07) is 13.2. The average molecular weight is 369 g/mol. The van der Waals surface area contributed by atoms with Crippen LogP contribution < -0.4 is 15.5 Å². The van der Waals surface area contributed by atoms with Gasteiger partial charge in [-0.05, 0) is 61.2 Å². The van der Waals surface area contributed by atoms with Gasteiger partial charge in [0.05, 0.1) is 0 Å². The maximum Gasteiger partial charge on any atom is 0.233 e. The SMILES string of the molecule is CC1CCN(c2ccc(NC(=O)CC(=O)Nc3cccc(F)c3)cc2)CC1. The van der Waals surface area contributed by atoms with Crippen LogP contribution in [0.1, 0.15) is 26.2 Å². The Morgan fingerprint density at radius 2 is 1.63 bits per heavy atom. The van der Waals surface area contributed by atoms with E-state index in [1.54, 1.807) is 6.07 Å². The lowest BCUT2D eigenvalue weighted by molar-refractivity contribution is -0.123. The molecule has 2 aromatic rings. The van der Waals surface area contributed by atoms with E-state index in [4.69, 9.17) is 0 Å². The number of amides is 2. The Morgan fingerprint density at radius 3 is 2.26 bits per heavy atom. The summed E-state index contributed by atoms with van der Waals surface area (Å²) in [6.07, 6.45) is 2.06. The summed E-state index contributed by atoms with van der Waals surface area (Å²) in [4.78, 5) is 26.3. The van der Waals surface area contributed by atoms with Crippen molar-refractivity contribution in [3.05, 3.63) is 54.3 Å². The number of benzene rings is 2. The molecule has 0 spiro atoms. The maximum absolute atomic E-state index is 13.1. The van der Waals surface area contributed by atoms with Crippen LogP contribution in [-0.4, -0.2) is 24.9 Å². The van der Waals surface area contributed by atoms with Gasteiger partial charge < -0.3 is 15.5 Å². The standard InChI is InChI=1S/C21H24FN3O2/c1-15-9-11-25(12-10-15)19-7-5-17(6-8-19)23-20(26)14-21(27)24-18-4-2-3-16(22)13-18/h2-8,13,15H,9-12,14H2,1H3,(H,23,26)(H,24,27). The molecule has 6 heteroatoms. The van der Waals surface area contributed by atoms with Crippen LogP contribution in [0, 0.1) is 11.7 Å². The highest BCUT2D eigenvalue weighted by molar-refractivity contribution is 6.08.